The van der Waals surface area contributed by atoms with Crippen LogP contribution in [-0.2, 0) is 24.1 Å². The Morgan fingerprint density at radius 1 is 0.829 bits per heavy atom. The summed E-state index contributed by atoms with van der Waals surface area (Å²) in [5.41, 5.74) is 3.34. The number of halogens is 3. The zero-order valence-electron chi connectivity index (χ0n) is 18.5. The van der Waals surface area contributed by atoms with Gasteiger partial charge < -0.3 is 5.32 Å². The van der Waals surface area contributed by atoms with Crippen molar-refractivity contribution in [3.8, 4) is 0 Å². The lowest BCUT2D eigenvalue weighted by Gasteiger charge is -2.54. The number of hydrogen-bond donors (Lipinski definition) is 1. The minimum absolute atomic E-state index is 0.454. The van der Waals surface area contributed by atoms with E-state index in [0.29, 0.717) is 10.7 Å². The molecule has 35 heavy (non-hydrogen) atoms. The van der Waals surface area contributed by atoms with Crippen molar-refractivity contribution >= 4 is 58.2 Å². The number of carbonyl (C=O) groups excluding carboxylic acids is 3. The maximum absolute atomic E-state index is 13.9. The first kappa shape index (κ1) is 22.6. The zero-order valence-corrected chi connectivity index (χ0v) is 20.7. The summed E-state index contributed by atoms with van der Waals surface area (Å²) < 4.78 is 0. The van der Waals surface area contributed by atoms with Crippen LogP contribution in [0, 0.1) is 11.8 Å². The van der Waals surface area contributed by atoms with Gasteiger partial charge in [-0.05, 0) is 47.4 Å². The predicted octanol–water partition coefficient (Wildman–Crippen LogP) is 5.26. The standard InChI is InChI=1S/C27H19Cl3N2O3/c1-14(23(33)31-16-8-6-7-15(28)13-16)32-24(34)21-22(25(32)35)27(30)18-10-3-2-9-17(18)26(21,29)19-11-4-5-12-20(19)27/h2-14,21-22H,1H3,(H,31,33)/t14-,21+,22+,26?,27?/m1/s1. The van der Waals surface area contributed by atoms with E-state index >= 15 is 0 Å². The van der Waals surface area contributed by atoms with Gasteiger partial charge >= 0.3 is 0 Å². The highest BCUT2D eigenvalue weighted by Gasteiger charge is 2.73. The van der Waals surface area contributed by atoms with Crippen LogP contribution in [0.4, 0.5) is 5.69 Å². The van der Waals surface area contributed by atoms with Gasteiger partial charge in [-0.25, -0.2) is 0 Å². The highest BCUT2D eigenvalue weighted by atomic mass is 35.5. The molecule has 0 aromatic heterocycles. The second-order valence-corrected chi connectivity index (χ2v) is 10.8. The Morgan fingerprint density at radius 2 is 1.29 bits per heavy atom. The Kier molecular flexibility index (Phi) is 4.89. The quantitative estimate of drug-likeness (QED) is 0.375. The van der Waals surface area contributed by atoms with E-state index in [2.05, 4.69) is 5.32 Å². The molecule has 1 aliphatic heterocycles. The van der Waals surface area contributed by atoms with Gasteiger partial charge in [0, 0.05) is 10.7 Å². The molecule has 3 aromatic carbocycles. The summed E-state index contributed by atoms with van der Waals surface area (Å²) in [5.74, 6) is -3.40. The Balaban J connectivity index is 1.46. The molecule has 2 bridgehead atoms. The van der Waals surface area contributed by atoms with Crippen LogP contribution >= 0.6 is 34.8 Å². The molecule has 3 atom stereocenters. The van der Waals surface area contributed by atoms with Crippen molar-refractivity contribution in [2.45, 2.75) is 22.7 Å². The summed E-state index contributed by atoms with van der Waals surface area (Å²) in [7, 11) is 0. The minimum atomic E-state index is -1.28. The number of carbonyl (C=O) groups is 3. The molecule has 1 fully saturated rings. The van der Waals surface area contributed by atoms with Gasteiger partial charge in [0.2, 0.25) is 17.7 Å². The van der Waals surface area contributed by atoms with Crippen LogP contribution in [0.15, 0.2) is 72.8 Å². The summed E-state index contributed by atoms with van der Waals surface area (Å²) in [6.07, 6.45) is 0. The SMILES string of the molecule is C[C@H](C(=O)Nc1cccc(Cl)c1)N1C(=O)[C@@H]2[C@@H](C1=O)C1(Cl)c3ccccc3C2(Cl)c2ccccc21. The van der Waals surface area contributed by atoms with Gasteiger partial charge in [0.15, 0.2) is 0 Å². The van der Waals surface area contributed by atoms with Gasteiger partial charge in [-0.2, -0.15) is 0 Å². The van der Waals surface area contributed by atoms with Crippen LogP contribution in [0.1, 0.15) is 29.2 Å². The van der Waals surface area contributed by atoms with Crippen LogP contribution in [0.5, 0.6) is 0 Å². The van der Waals surface area contributed by atoms with Crippen LogP contribution in [-0.4, -0.2) is 28.7 Å². The minimum Gasteiger partial charge on any atom is -0.324 e. The van der Waals surface area contributed by atoms with Crippen molar-refractivity contribution in [3.05, 3.63) is 100 Å². The number of rotatable bonds is 3. The number of nitrogens with one attached hydrogen (secondary N) is 1. The lowest BCUT2D eigenvalue weighted by Crippen LogP contribution is -2.57. The summed E-state index contributed by atoms with van der Waals surface area (Å²) in [6.45, 7) is 1.52. The van der Waals surface area contributed by atoms with Gasteiger partial charge in [0.05, 0.1) is 11.8 Å². The lowest BCUT2D eigenvalue weighted by molar-refractivity contribution is -0.146. The summed E-state index contributed by atoms with van der Waals surface area (Å²) >= 11 is 20.8. The smallest absolute Gasteiger partial charge is 0.247 e. The average Bonchev–Trinajstić information content (AvgIpc) is 3.13. The third-order valence-electron chi connectivity index (χ3n) is 7.48. The largest absolute Gasteiger partial charge is 0.324 e. The second kappa shape index (κ2) is 7.57. The van der Waals surface area contributed by atoms with Crippen molar-refractivity contribution in [1.82, 2.24) is 4.90 Å². The molecule has 1 saturated heterocycles. The number of amides is 3. The molecule has 0 spiro atoms. The molecule has 1 heterocycles. The number of anilines is 1. The predicted molar refractivity (Wildman–Crippen MR) is 135 cm³/mol. The Morgan fingerprint density at radius 3 is 1.71 bits per heavy atom. The highest BCUT2D eigenvalue weighted by molar-refractivity contribution is 6.36. The first-order chi connectivity index (χ1) is 16.7. The van der Waals surface area contributed by atoms with Crippen LogP contribution in [0.2, 0.25) is 5.02 Å². The van der Waals surface area contributed by atoms with E-state index < -0.39 is 45.3 Å². The van der Waals surface area contributed by atoms with Crippen molar-refractivity contribution < 1.29 is 14.4 Å². The number of alkyl halides is 2. The maximum Gasteiger partial charge on any atom is 0.247 e. The van der Waals surface area contributed by atoms with Gasteiger partial charge in [-0.3, -0.25) is 19.3 Å². The molecule has 3 amide bonds. The van der Waals surface area contributed by atoms with Crippen molar-refractivity contribution in [2.24, 2.45) is 11.8 Å². The van der Waals surface area contributed by atoms with Gasteiger partial charge in [-0.1, -0.05) is 66.2 Å². The van der Waals surface area contributed by atoms with Crippen LogP contribution < -0.4 is 5.32 Å². The number of hydrogen-bond acceptors (Lipinski definition) is 3. The fourth-order valence-electron chi connectivity index (χ4n) is 6.00. The molecule has 176 valence electrons. The van der Waals surface area contributed by atoms with E-state index in [4.69, 9.17) is 34.8 Å². The third-order valence-corrected chi connectivity index (χ3v) is 9.00. The number of imide groups is 1. The fraction of sp³-hybridized carbons (Fsp3) is 0.222. The summed E-state index contributed by atoms with van der Waals surface area (Å²) in [4.78, 5) is 39.4. The zero-order chi connectivity index (χ0) is 24.7. The Bertz CT molecular complexity index is 1320. The maximum atomic E-state index is 13.9. The molecular weight excluding hydrogens is 507 g/mol. The Labute approximate surface area is 217 Å². The molecule has 8 heteroatoms. The first-order valence-electron chi connectivity index (χ1n) is 11.2. The van der Waals surface area contributed by atoms with E-state index in [0.717, 1.165) is 27.2 Å². The average molecular weight is 526 g/mol. The topological polar surface area (TPSA) is 66.5 Å². The van der Waals surface area contributed by atoms with Crippen molar-refractivity contribution in [3.63, 3.8) is 0 Å². The first-order valence-corrected chi connectivity index (χ1v) is 12.3. The van der Waals surface area contributed by atoms with E-state index in [1.54, 1.807) is 24.3 Å². The molecule has 0 unspecified atom stereocenters. The number of likely N-dealkylation sites (tertiary alicyclic amines) is 1. The van der Waals surface area contributed by atoms with E-state index in [1.807, 2.05) is 48.5 Å². The van der Waals surface area contributed by atoms with Gasteiger partial charge in [0.1, 0.15) is 15.8 Å². The van der Waals surface area contributed by atoms with E-state index in [-0.39, 0.29) is 0 Å². The van der Waals surface area contributed by atoms with Crippen molar-refractivity contribution in [1.29, 1.82) is 0 Å². The monoisotopic (exact) mass is 524 g/mol. The highest BCUT2D eigenvalue weighted by Crippen LogP contribution is 2.69. The number of benzene rings is 3. The Hall–Kier alpha value is -2.86. The van der Waals surface area contributed by atoms with E-state index in [1.165, 1.54) is 6.92 Å². The van der Waals surface area contributed by atoms with Gasteiger partial charge in [-0.15, -0.1) is 23.2 Å². The molecule has 4 aliphatic rings. The van der Waals surface area contributed by atoms with Crippen LogP contribution in [0.3, 0.4) is 0 Å². The second-order valence-electron chi connectivity index (χ2n) is 9.19. The molecule has 7 rings (SSSR count). The summed E-state index contributed by atoms with van der Waals surface area (Å²) in [6, 6.07) is 20.4. The third kappa shape index (κ3) is 2.80. The molecule has 0 saturated carbocycles. The molecule has 3 aliphatic carbocycles. The molecule has 5 nitrogen and oxygen atoms in total. The lowest BCUT2D eigenvalue weighted by atomic mass is 9.54. The molecule has 1 N–H and O–H groups in total. The van der Waals surface area contributed by atoms with Gasteiger partial charge in [0.25, 0.3) is 0 Å². The molecule has 3 aromatic rings. The summed E-state index contributed by atoms with van der Waals surface area (Å²) in [5, 5.41) is 3.19. The normalized spacial score (nSPS) is 28.9. The fourth-order valence-corrected chi connectivity index (χ4v) is 7.29. The molecule has 0 radical (unpaired) electrons. The number of nitrogens with zero attached hydrogens (tertiary/aromatic N) is 1. The van der Waals surface area contributed by atoms with Crippen molar-refractivity contribution in [2.75, 3.05) is 5.32 Å². The van der Waals surface area contributed by atoms with E-state index in [9.17, 15) is 14.4 Å². The molecular formula is C27H19Cl3N2O3. The van der Waals surface area contributed by atoms with Crippen LogP contribution in [0.25, 0.3) is 0 Å².